The fourth-order valence-corrected chi connectivity index (χ4v) is 1.35. The van der Waals surface area contributed by atoms with Crippen molar-refractivity contribution in [1.29, 1.82) is 0 Å². The molecule has 1 heterocycles. The van der Waals surface area contributed by atoms with E-state index in [1.165, 1.54) is 6.26 Å². The summed E-state index contributed by atoms with van der Waals surface area (Å²) < 4.78 is 10.1. The quantitative estimate of drug-likeness (QED) is 0.739. The van der Waals surface area contributed by atoms with Crippen molar-refractivity contribution in [3.8, 4) is 0 Å². The van der Waals surface area contributed by atoms with Gasteiger partial charge in [0.25, 0.3) is 6.01 Å². The molecule has 0 aromatic carbocycles. The summed E-state index contributed by atoms with van der Waals surface area (Å²) in [5.41, 5.74) is 0.213. The van der Waals surface area contributed by atoms with Gasteiger partial charge in [-0.05, 0) is 19.8 Å². The van der Waals surface area contributed by atoms with Gasteiger partial charge in [0.15, 0.2) is 5.69 Å². The van der Waals surface area contributed by atoms with Crippen LogP contribution in [0.25, 0.3) is 0 Å². The molecule has 1 unspecified atom stereocenters. The molecule has 5 nitrogen and oxygen atoms in total. The van der Waals surface area contributed by atoms with E-state index in [2.05, 4.69) is 25.8 Å². The molecule has 0 amide bonds. The Bertz CT molecular complexity index is 374. The Morgan fingerprint density at radius 1 is 1.53 bits per heavy atom. The van der Waals surface area contributed by atoms with E-state index >= 15 is 0 Å². The number of rotatable bonds is 5. The summed E-state index contributed by atoms with van der Waals surface area (Å²) in [6.07, 6.45) is 1.33. The molecule has 0 aliphatic rings. The van der Waals surface area contributed by atoms with Crippen molar-refractivity contribution in [2.75, 3.05) is 18.6 Å². The molecule has 1 aromatic rings. The van der Waals surface area contributed by atoms with E-state index in [4.69, 9.17) is 9.15 Å². The SMILES string of the molecule is CCOC(=O)c1coc(N(C)C(C)C(C)C)n1. The molecule has 0 bridgehead atoms. The molecule has 96 valence electrons. The Labute approximate surface area is 102 Å². The van der Waals surface area contributed by atoms with Gasteiger partial charge in [0.2, 0.25) is 0 Å². The minimum Gasteiger partial charge on any atom is -0.461 e. The number of anilines is 1. The van der Waals surface area contributed by atoms with Crippen LogP contribution in [0.2, 0.25) is 0 Å². The van der Waals surface area contributed by atoms with E-state index in [1.54, 1.807) is 6.92 Å². The first-order valence-electron chi connectivity index (χ1n) is 5.82. The lowest BCUT2D eigenvalue weighted by atomic mass is 10.1. The highest BCUT2D eigenvalue weighted by molar-refractivity contribution is 5.87. The molecule has 0 radical (unpaired) electrons. The van der Waals surface area contributed by atoms with Gasteiger partial charge in [0, 0.05) is 13.1 Å². The van der Waals surface area contributed by atoms with Crippen LogP contribution in [0, 0.1) is 5.92 Å². The zero-order chi connectivity index (χ0) is 13.0. The first-order chi connectivity index (χ1) is 7.97. The molecule has 0 aliphatic carbocycles. The topological polar surface area (TPSA) is 55.6 Å². The number of carbonyl (C=O) groups excluding carboxylic acids is 1. The Hall–Kier alpha value is -1.52. The standard InChI is InChI=1S/C12H20N2O3/c1-6-16-11(15)10-7-17-12(13-10)14(5)9(4)8(2)3/h7-9H,6H2,1-5H3. The smallest absolute Gasteiger partial charge is 0.360 e. The molecule has 1 atom stereocenters. The van der Waals surface area contributed by atoms with E-state index in [0.29, 0.717) is 18.5 Å². The van der Waals surface area contributed by atoms with Crippen molar-refractivity contribution >= 4 is 12.0 Å². The molecule has 17 heavy (non-hydrogen) atoms. The fraction of sp³-hybridized carbons (Fsp3) is 0.667. The van der Waals surface area contributed by atoms with Crippen molar-refractivity contribution in [2.24, 2.45) is 5.92 Å². The predicted molar refractivity (Wildman–Crippen MR) is 65.2 cm³/mol. The fourth-order valence-electron chi connectivity index (χ4n) is 1.35. The second-order valence-electron chi connectivity index (χ2n) is 4.33. The largest absolute Gasteiger partial charge is 0.461 e. The van der Waals surface area contributed by atoms with Crippen LogP contribution in [0.4, 0.5) is 6.01 Å². The van der Waals surface area contributed by atoms with Crippen molar-refractivity contribution in [3.63, 3.8) is 0 Å². The number of nitrogens with zero attached hydrogens (tertiary/aromatic N) is 2. The van der Waals surface area contributed by atoms with Gasteiger partial charge in [-0.2, -0.15) is 4.98 Å². The molecule has 5 heteroatoms. The third kappa shape index (κ3) is 3.22. The lowest BCUT2D eigenvalue weighted by Gasteiger charge is -2.26. The number of ether oxygens (including phenoxy) is 1. The summed E-state index contributed by atoms with van der Waals surface area (Å²) >= 11 is 0. The minimum absolute atomic E-state index is 0.213. The van der Waals surface area contributed by atoms with Gasteiger partial charge < -0.3 is 14.1 Å². The van der Waals surface area contributed by atoms with Crippen LogP contribution in [0.1, 0.15) is 38.2 Å². The zero-order valence-electron chi connectivity index (χ0n) is 11.1. The summed E-state index contributed by atoms with van der Waals surface area (Å²) in [7, 11) is 1.89. The lowest BCUT2D eigenvalue weighted by Crippen LogP contribution is -2.33. The molecule has 1 rings (SSSR count). The Kier molecular flexibility index (Phi) is 4.54. The van der Waals surface area contributed by atoms with Crippen LogP contribution < -0.4 is 4.90 Å². The molecule has 0 fully saturated rings. The Morgan fingerprint density at radius 2 is 2.18 bits per heavy atom. The number of esters is 1. The van der Waals surface area contributed by atoms with E-state index in [1.807, 2.05) is 11.9 Å². The Morgan fingerprint density at radius 3 is 2.71 bits per heavy atom. The summed E-state index contributed by atoms with van der Waals surface area (Å²) in [4.78, 5) is 17.4. The van der Waals surface area contributed by atoms with Crippen molar-refractivity contribution in [1.82, 2.24) is 4.98 Å². The lowest BCUT2D eigenvalue weighted by molar-refractivity contribution is 0.0519. The maximum Gasteiger partial charge on any atom is 0.360 e. The minimum atomic E-state index is -0.451. The molecule has 1 aromatic heterocycles. The van der Waals surface area contributed by atoms with Gasteiger partial charge in [-0.15, -0.1) is 0 Å². The molecule has 0 saturated heterocycles. The average Bonchev–Trinajstić information content (AvgIpc) is 2.76. The van der Waals surface area contributed by atoms with Crippen molar-refractivity contribution in [2.45, 2.75) is 33.7 Å². The molecule has 0 saturated carbocycles. The van der Waals surface area contributed by atoms with Gasteiger partial charge in [-0.25, -0.2) is 4.79 Å². The Balaban J connectivity index is 2.77. The van der Waals surface area contributed by atoms with Gasteiger partial charge in [0.05, 0.1) is 6.61 Å². The molecular weight excluding hydrogens is 220 g/mol. The maximum atomic E-state index is 11.4. The summed E-state index contributed by atoms with van der Waals surface area (Å²) in [5.74, 6) is 0.0195. The van der Waals surface area contributed by atoms with E-state index in [-0.39, 0.29) is 11.7 Å². The normalized spacial score (nSPS) is 12.6. The average molecular weight is 240 g/mol. The first kappa shape index (κ1) is 13.5. The number of aromatic nitrogens is 1. The van der Waals surface area contributed by atoms with Crippen LogP contribution in [-0.4, -0.2) is 30.6 Å². The summed E-state index contributed by atoms with van der Waals surface area (Å²) in [5, 5.41) is 0. The van der Waals surface area contributed by atoms with Gasteiger partial charge in [0.1, 0.15) is 6.26 Å². The summed E-state index contributed by atoms with van der Waals surface area (Å²) in [6.45, 7) is 8.41. The van der Waals surface area contributed by atoms with Crippen molar-refractivity contribution < 1.29 is 13.9 Å². The first-order valence-corrected chi connectivity index (χ1v) is 5.82. The van der Waals surface area contributed by atoms with Crippen LogP contribution in [-0.2, 0) is 4.74 Å². The zero-order valence-corrected chi connectivity index (χ0v) is 11.1. The molecule has 0 N–H and O–H groups in total. The predicted octanol–water partition coefficient (Wildman–Crippen LogP) is 2.33. The number of hydrogen-bond donors (Lipinski definition) is 0. The van der Waals surface area contributed by atoms with Crippen molar-refractivity contribution in [3.05, 3.63) is 12.0 Å². The van der Waals surface area contributed by atoms with Crippen LogP contribution in [0.3, 0.4) is 0 Å². The van der Waals surface area contributed by atoms with E-state index in [9.17, 15) is 4.79 Å². The van der Waals surface area contributed by atoms with E-state index < -0.39 is 5.97 Å². The maximum absolute atomic E-state index is 11.4. The number of carbonyl (C=O) groups is 1. The van der Waals surface area contributed by atoms with Crippen LogP contribution in [0.5, 0.6) is 0 Å². The second kappa shape index (κ2) is 5.70. The summed E-state index contributed by atoms with van der Waals surface area (Å²) in [6, 6.07) is 0.720. The highest BCUT2D eigenvalue weighted by atomic mass is 16.5. The van der Waals surface area contributed by atoms with Crippen LogP contribution in [0.15, 0.2) is 10.7 Å². The highest BCUT2D eigenvalue weighted by Gasteiger charge is 2.20. The number of hydrogen-bond acceptors (Lipinski definition) is 5. The molecular formula is C12H20N2O3. The highest BCUT2D eigenvalue weighted by Crippen LogP contribution is 2.18. The second-order valence-corrected chi connectivity index (χ2v) is 4.33. The third-order valence-corrected chi connectivity index (χ3v) is 2.85. The van der Waals surface area contributed by atoms with Gasteiger partial charge in [-0.1, -0.05) is 13.8 Å². The number of oxazole rings is 1. The monoisotopic (exact) mass is 240 g/mol. The third-order valence-electron chi connectivity index (χ3n) is 2.85. The molecule has 0 aliphatic heterocycles. The molecule has 0 spiro atoms. The van der Waals surface area contributed by atoms with Crippen LogP contribution >= 0.6 is 0 Å². The van der Waals surface area contributed by atoms with Gasteiger partial charge in [-0.3, -0.25) is 0 Å². The van der Waals surface area contributed by atoms with Gasteiger partial charge >= 0.3 is 5.97 Å². The van der Waals surface area contributed by atoms with E-state index in [0.717, 1.165) is 0 Å².